The van der Waals surface area contributed by atoms with Crippen molar-refractivity contribution in [3.05, 3.63) is 52.0 Å². The van der Waals surface area contributed by atoms with Crippen molar-refractivity contribution in [3.8, 4) is 17.2 Å². The summed E-state index contributed by atoms with van der Waals surface area (Å²) in [7, 11) is 1.46. The van der Waals surface area contributed by atoms with E-state index in [-0.39, 0.29) is 11.9 Å². The number of ether oxygens (including phenoxy) is 2. The summed E-state index contributed by atoms with van der Waals surface area (Å²) >= 11 is 3.34. The minimum atomic E-state index is -0.421. The maximum atomic E-state index is 12.4. The van der Waals surface area contributed by atoms with Crippen molar-refractivity contribution in [1.82, 2.24) is 5.43 Å². The fraction of sp³-hybridized carbons (Fsp3) is 0.222. The second-order valence-electron chi connectivity index (χ2n) is 5.40. The lowest BCUT2D eigenvalue weighted by atomic mass is 10.2. The number of para-hydroxylation sites is 1. The molecule has 0 heterocycles. The first-order valence-corrected chi connectivity index (χ1v) is 8.37. The van der Waals surface area contributed by atoms with Crippen LogP contribution in [0.4, 0.5) is 0 Å². The van der Waals surface area contributed by atoms with Crippen LogP contribution in [-0.4, -0.2) is 30.4 Å². The molecular formula is C18H19BrN2O4. The van der Waals surface area contributed by atoms with Crippen molar-refractivity contribution in [2.45, 2.75) is 20.0 Å². The zero-order valence-corrected chi connectivity index (χ0v) is 15.7. The molecule has 0 saturated carbocycles. The van der Waals surface area contributed by atoms with E-state index < -0.39 is 5.91 Å². The number of phenolic OH excluding ortho intramolecular Hbond substituents is 1. The molecule has 2 aromatic rings. The molecule has 2 rings (SSSR count). The molecular weight excluding hydrogens is 388 g/mol. The number of benzene rings is 2. The molecule has 2 N–H and O–H groups in total. The topological polar surface area (TPSA) is 80.2 Å². The molecule has 0 bridgehead atoms. The van der Waals surface area contributed by atoms with Gasteiger partial charge < -0.3 is 14.6 Å². The Balaban J connectivity index is 2.16. The number of carbonyl (C=O) groups excluding carboxylic acids is 1. The highest BCUT2D eigenvalue weighted by Gasteiger charge is 2.14. The molecule has 1 amide bonds. The Kier molecular flexibility index (Phi) is 6.41. The maximum absolute atomic E-state index is 12.4. The fourth-order valence-electron chi connectivity index (χ4n) is 2.07. The Bertz CT molecular complexity index is 791. The van der Waals surface area contributed by atoms with Gasteiger partial charge in [0, 0.05) is 10.0 Å². The highest BCUT2D eigenvalue weighted by molar-refractivity contribution is 9.10. The largest absolute Gasteiger partial charge is 0.504 e. The van der Waals surface area contributed by atoms with Gasteiger partial charge in [0.15, 0.2) is 11.5 Å². The average molecular weight is 407 g/mol. The van der Waals surface area contributed by atoms with E-state index in [1.54, 1.807) is 36.4 Å². The standard InChI is InChI=1S/C18H19BrN2O4/c1-11(2)25-15-8-7-13(19)9-14(15)18(23)21-20-10-12-5-4-6-16(24-3)17(12)22/h4-11,22H,1-3H3,(H,21,23)/b20-10-. The lowest BCUT2D eigenvalue weighted by Crippen LogP contribution is -2.20. The first-order chi connectivity index (χ1) is 11.9. The van der Waals surface area contributed by atoms with E-state index in [0.29, 0.717) is 22.6 Å². The quantitative estimate of drug-likeness (QED) is 0.565. The Morgan fingerprint density at radius 1 is 1.28 bits per heavy atom. The molecule has 0 radical (unpaired) electrons. The van der Waals surface area contributed by atoms with Gasteiger partial charge in [-0.15, -0.1) is 0 Å². The molecule has 25 heavy (non-hydrogen) atoms. The molecule has 0 unspecified atom stereocenters. The summed E-state index contributed by atoms with van der Waals surface area (Å²) in [5.41, 5.74) is 3.21. The van der Waals surface area contributed by atoms with Crippen molar-refractivity contribution in [2.24, 2.45) is 5.10 Å². The Hall–Kier alpha value is -2.54. The number of nitrogens with one attached hydrogen (secondary N) is 1. The van der Waals surface area contributed by atoms with Crippen LogP contribution >= 0.6 is 15.9 Å². The molecule has 6 nitrogen and oxygen atoms in total. The molecule has 2 aromatic carbocycles. The van der Waals surface area contributed by atoms with Crippen LogP contribution in [0.5, 0.6) is 17.2 Å². The predicted octanol–water partition coefficient (Wildman–Crippen LogP) is 3.71. The van der Waals surface area contributed by atoms with Gasteiger partial charge in [-0.1, -0.05) is 22.0 Å². The number of hydrogen-bond donors (Lipinski definition) is 2. The van der Waals surface area contributed by atoms with Crippen LogP contribution in [0.1, 0.15) is 29.8 Å². The Labute approximate surface area is 154 Å². The summed E-state index contributed by atoms with van der Waals surface area (Å²) in [6.07, 6.45) is 1.28. The zero-order chi connectivity index (χ0) is 18.4. The molecule has 7 heteroatoms. The van der Waals surface area contributed by atoms with Crippen LogP contribution in [0.25, 0.3) is 0 Å². The van der Waals surface area contributed by atoms with Gasteiger partial charge in [-0.3, -0.25) is 4.79 Å². The van der Waals surface area contributed by atoms with Crippen molar-refractivity contribution >= 4 is 28.1 Å². The third kappa shape index (κ3) is 4.96. The summed E-state index contributed by atoms with van der Waals surface area (Å²) in [6.45, 7) is 3.76. The maximum Gasteiger partial charge on any atom is 0.275 e. The van der Waals surface area contributed by atoms with Crippen LogP contribution in [0.15, 0.2) is 46.0 Å². The van der Waals surface area contributed by atoms with Crippen LogP contribution < -0.4 is 14.9 Å². The van der Waals surface area contributed by atoms with Crippen molar-refractivity contribution < 1.29 is 19.4 Å². The number of aromatic hydroxyl groups is 1. The van der Waals surface area contributed by atoms with Crippen LogP contribution in [0.3, 0.4) is 0 Å². The van der Waals surface area contributed by atoms with Gasteiger partial charge in [0.1, 0.15) is 5.75 Å². The summed E-state index contributed by atoms with van der Waals surface area (Å²) < 4.78 is 11.4. The fourth-order valence-corrected chi connectivity index (χ4v) is 2.43. The smallest absolute Gasteiger partial charge is 0.275 e. The summed E-state index contributed by atoms with van der Waals surface area (Å²) in [4.78, 5) is 12.4. The van der Waals surface area contributed by atoms with Gasteiger partial charge in [-0.05, 0) is 44.2 Å². The summed E-state index contributed by atoms with van der Waals surface area (Å²) in [5, 5.41) is 13.9. The minimum absolute atomic E-state index is 0.0470. The van der Waals surface area contributed by atoms with E-state index in [1.165, 1.54) is 13.3 Å². The number of hydrogen-bond acceptors (Lipinski definition) is 5. The molecule has 0 fully saturated rings. The van der Waals surface area contributed by atoms with Gasteiger partial charge in [-0.25, -0.2) is 5.43 Å². The number of nitrogens with zero attached hydrogens (tertiary/aromatic N) is 1. The predicted molar refractivity (Wildman–Crippen MR) is 99.6 cm³/mol. The molecule has 0 spiro atoms. The Morgan fingerprint density at radius 2 is 2.04 bits per heavy atom. The van der Waals surface area contributed by atoms with Crippen LogP contribution in [-0.2, 0) is 0 Å². The lowest BCUT2D eigenvalue weighted by molar-refractivity contribution is 0.0949. The zero-order valence-electron chi connectivity index (χ0n) is 14.1. The van der Waals surface area contributed by atoms with E-state index >= 15 is 0 Å². The second kappa shape index (κ2) is 8.53. The van der Waals surface area contributed by atoms with Crippen LogP contribution in [0.2, 0.25) is 0 Å². The third-order valence-electron chi connectivity index (χ3n) is 3.17. The SMILES string of the molecule is COc1cccc(/C=N\NC(=O)c2cc(Br)ccc2OC(C)C)c1O. The van der Waals surface area contributed by atoms with Gasteiger partial charge in [-0.2, -0.15) is 5.10 Å². The number of rotatable bonds is 6. The molecule has 0 saturated heterocycles. The average Bonchev–Trinajstić information content (AvgIpc) is 2.57. The van der Waals surface area contributed by atoms with E-state index in [9.17, 15) is 9.90 Å². The molecule has 0 aliphatic heterocycles. The molecule has 0 aliphatic rings. The van der Waals surface area contributed by atoms with Crippen molar-refractivity contribution in [2.75, 3.05) is 7.11 Å². The summed E-state index contributed by atoms with van der Waals surface area (Å²) in [6, 6.07) is 10.2. The van der Waals surface area contributed by atoms with Gasteiger partial charge in [0.25, 0.3) is 5.91 Å². The van der Waals surface area contributed by atoms with Gasteiger partial charge in [0.2, 0.25) is 0 Å². The van der Waals surface area contributed by atoms with Gasteiger partial charge >= 0.3 is 0 Å². The Morgan fingerprint density at radius 3 is 2.72 bits per heavy atom. The number of amides is 1. The lowest BCUT2D eigenvalue weighted by Gasteiger charge is -2.13. The van der Waals surface area contributed by atoms with Crippen molar-refractivity contribution in [1.29, 1.82) is 0 Å². The number of phenols is 1. The summed E-state index contributed by atoms with van der Waals surface area (Å²) in [5.74, 6) is 0.329. The number of methoxy groups -OCH3 is 1. The molecule has 0 atom stereocenters. The van der Waals surface area contributed by atoms with E-state index in [4.69, 9.17) is 9.47 Å². The van der Waals surface area contributed by atoms with Gasteiger partial charge in [0.05, 0.1) is 25.0 Å². The van der Waals surface area contributed by atoms with Crippen LogP contribution in [0, 0.1) is 0 Å². The third-order valence-corrected chi connectivity index (χ3v) is 3.66. The molecule has 132 valence electrons. The number of hydrazone groups is 1. The molecule has 0 aromatic heterocycles. The normalized spacial score (nSPS) is 10.9. The number of halogens is 1. The van der Waals surface area contributed by atoms with Crippen molar-refractivity contribution in [3.63, 3.8) is 0 Å². The van der Waals surface area contributed by atoms with E-state index in [2.05, 4.69) is 26.5 Å². The van der Waals surface area contributed by atoms with E-state index in [1.807, 2.05) is 13.8 Å². The minimum Gasteiger partial charge on any atom is -0.504 e. The highest BCUT2D eigenvalue weighted by Crippen LogP contribution is 2.28. The first-order valence-electron chi connectivity index (χ1n) is 7.58. The van der Waals surface area contributed by atoms with E-state index in [0.717, 1.165) is 4.47 Å². The molecule has 0 aliphatic carbocycles. The highest BCUT2D eigenvalue weighted by atomic mass is 79.9. The second-order valence-corrected chi connectivity index (χ2v) is 6.32. The number of carbonyl (C=O) groups is 1. The first kappa shape index (κ1) is 18.8. The monoisotopic (exact) mass is 406 g/mol.